The Morgan fingerprint density at radius 3 is 2.14 bits per heavy atom. The van der Waals surface area contributed by atoms with Crippen LogP contribution in [-0.2, 0) is 41.2 Å². The van der Waals surface area contributed by atoms with Gasteiger partial charge in [-0.1, -0.05) is 51.4 Å². The molecule has 24 heteroatoms. The Labute approximate surface area is 420 Å². The van der Waals surface area contributed by atoms with Gasteiger partial charge in [-0.3, -0.25) is 19.2 Å². The van der Waals surface area contributed by atoms with Crippen LogP contribution in [0.2, 0.25) is 5.15 Å². The van der Waals surface area contributed by atoms with E-state index < -0.39 is 113 Å². The summed E-state index contributed by atoms with van der Waals surface area (Å²) < 4.78 is 38.4. The predicted octanol–water partition coefficient (Wildman–Crippen LogP) is 1.66. The third-order valence-corrected chi connectivity index (χ3v) is 12.8. The van der Waals surface area contributed by atoms with Gasteiger partial charge in [0.1, 0.15) is 54.2 Å². The zero-order chi connectivity index (χ0) is 53.6. The fraction of sp³-hybridized carbons (Fsp3) is 0.417. The van der Waals surface area contributed by atoms with Crippen LogP contribution in [0.3, 0.4) is 0 Å². The molecule has 4 aromatic rings. The molecule has 22 nitrogen and oxygen atoms in total. The molecular formula is C48H61ClN8O14S. The van der Waals surface area contributed by atoms with Gasteiger partial charge >= 0.3 is 5.97 Å². The van der Waals surface area contributed by atoms with Gasteiger partial charge in [0.15, 0.2) is 23.1 Å². The second kappa shape index (κ2) is 23.4. The molecule has 0 saturated carbocycles. The number of nitrogens with zero attached hydrogens (tertiary/aromatic N) is 2. The first-order valence-electron chi connectivity index (χ1n) is 22.6. The van der Waals surface area contributed by atoms with Crippen LogP contribution in [0.1, 0.15) is 73.6 Å². The summed E-state index contributed by atoms with van der Waals surface area (Å²) in [6.07, 6.45) is -4.14. The number of amides is 2. The highest BCUT2D eigenvalue weighted by molar-refractivity contribution is 7.87. The van der Waals surface area contributed by atoms with E-state index in [1.54, 1.807) is 18.2 Å². The highest BCUT2D eigenvalue weighted by Gasteiger charge is 2.38. The van der Waals surface area contributed by atoms with Gasteiger partial charge in [0.05, 0.1) is 17.2 Å². The minimum Gasteiger partial charge on any atom is -0.507 e. The van der Waals surface area contributed by atoms with Crippen LogP contribution >= 0.6 is 11.6 Å². The average molecular weight is 1040 g/mol. The van der Waals surface area contributed by atoms with Crippen molar-refractivity contribution in [2.75, 3.05) is 45.6 Å². The number of rotatable bonds is 18. The van der Waals surface area contributed by atoms with E-state index in [-0.39, 0.29) is 88.0 Å². The maximum absolute atomic E-state index is 14.9. The van der Waals surface area contributed by atoms with Crippen molar-refractivity contribution in [3.8, 4) is 45.4 Å². The van der Waals surface area contributed by atoms with Gasteiger partial charge in [0.2, 0.25) is 11.8 Å². The summed E-state index contributed by atoms with van der Waals surface area (Å²) in [6.45, 7) is 5.13. The molecule has 5 rings (SSSR count). The number of aromatic hydroxyl groups is 2. The van der Waals surface area contributed by atoms with Crippen LogP contribution in [0.5, 0.6) is 23.0 Å². The Bertz CT molecular complexity index is 2800. The number of nitrogens with two attached hydrogens (primary N) is 4. The molecule has 3 aromatic carbocycles. The summed E-state index contributed by atoms with van der Waals surface area (Å²) in [5, 5.41) is 61.0. The maximum Gasteiger partial charge on any atom is 0.326 e. The average Bonchev–Trinajstić information content (AvgIpc) is 3.30. The van der Waals surface area contributed by atoms with E-state index in [2.05, 4.69) is 10.3 Å². The van der Waals surface area contributed by atoms with Crippen molar-refractivity contribution >= 4 is 56.8 Å². The topological polar surface area (TPSA) is 383 Å². The number of phenols is 2. The molecule has 0 unspecified atom stereocenters. The second-order valence-electron chi connectivity index (χ2n) is 18.6. The van der Waals surface area contributed by atoms with E-state index in [4.69, 9.17) is 43.4 Å². The molecule has 72 heavy (non-hydrogen) atoms. The monoisotopic (exact) mass is 1040 g/mol. The van der Waals surface area contributed by atoms with E-state index in [0.29, 0.717) is 5.56 Å². The number of phenolic OH excluding ortho intramolecular Hbond substituents is 2. The molecule has 1 aliphatic rings. The number of halogens is 1. The molecule has 2 heterocycles. The van der Waals surface area contributed by atoms with Crippen LogP contribution in [0, 0.1) is 11.8 Å². The Hall–Kier alpha value is -6.44. The second-order valence-corrected chi connectivity index (χ2v) is 20.4. The van der Waals surface area contributed by atoms with Crippen LogP contribution in [0.4, 0.5) is 5.69 Å². The van der Waals surface area contributed by atoms with Gasteiger partial charge in [0, 0.05) is 74.2 Å². The number of aromatic nitrogens is 1. The van der Waals surface area contributed by atoms with Crippen LogP contribution < -0.4 is 41.9 Å². The summed E-state index contributed by atoms with van der Waals surface area (Å²) in [5.41, 5.74) is 18.1. The molecule has 0 spiro atoms. The third kappa shape index (κ3) is 13.9. The normalized spacial score (nSPS) is 17.7. The molecule has 1 aliphatic heterocycles. The van der Waals surface area contributed by atoms with Crippen molar-refractivity contribution in [2.45, 2.75) is 76.7 Å². The fourth-order valence-electron chi connectivity index (χ4n) is 7.90. The lowest BCUT2D eigenvalue weighted by Crippen LogP contribution is -2.46. The number of Topliss-reactive ketones (excluding diaryl/α,β-unsaturated/α-hetero) is 2. The Morgan fingerprint density at radius 1 is 0.931 bits per heavy atom. The van der Waals surface area contributed by atoms with Gasteiger partial charge in [-0.05, 0) is 64.6 Å². The Morgan fingerprint density at radius 2 is 1.57 bits per heavy atom. The highest BCUT2D eigenvalue weighted by atomic mass is 35.5. The standard InChI is InChI=1S/C48H61ClN8O14S/c1-23-10-38(62)42(57(5)46(65)26(20-54-72(53,68)69)14-37(61)41-33(52)17-34(55-44(41)49)30-8-7-27(16-36(30)60)48(2,3)4)25-13-32(43(63)40(15-25)71-22-29(59)19-51)31-11-24(12-35(47(66)67)56-45(23)64)6-9-39(31)70-21-28(58)18-50/h6-9,11,13,15-17,23,26,28-29,35,42,54,58-60,63H,10,12,14,18-22,50-51H2,1-5H3,(H2,52,55)(H,56,64)(H,66,67)(H2,53,68,69)/t23-,26+,28-,29-,35+,42+/m1/s1. The van der Waals surface area contributed by atoms with E-state index in [1.165, 1.54) is 43.3 Å². The SMILES string of the molecule is C[C@@H]1CC(=O)[C@@H](N(C)C(=O)[C@H](CNS(N)(=O)=O)CC(=O)c2c(N)cc(-c3ccc(C(C)(C)C)cc3O)nc2Cl)c2cc(OC[C@H](O)CN)c(O)c(c2)-c2cc(ccc2OC[C@H](O)CN)C[C@@H](C(=O)O)NC1=O. The number of hydrogen-bond donors (Lipinski definition) is 11. The molecule has 1 aromatic heterocycles. The van der Waals surface area contributed by atoms with Gasteiger partial charge in [0.25, 0.3) is 10.2 Å². The molecular weight excluding hydrogens is 980 g/mol. The van der Waals surface area contributed by atoms with Crippen LogP contribution in [-0.4, -0.2) is 131 Å². The number of hydrogen-bond acceptors (Lipinski definition) is 17. The first-order chi connectivity index (χ1) is 33.6. The van der Waals surface area contributed by atoms with Crippen LogP contribution in [0.25, 0.3) is 22.4 Å². The summed E-state index contributed by atoms with van der Waals surface area (Å²) in [7, 11) is -3.37. The molecule has 0 aliphatic carbocycles. The lowest BCUT2D eigenvalue weighted by atomic mass is 9.86. The Kier molecular flexibility index (Phi) is 18.4. The van der Waals surface area contributed by atoms with Gasteiger partial charge < -0.3 is 62.4 Å². The van der Waals surface area contributed by atoms with E-state index in [9.17, 15) is 57.9 Å². The van der Waals surface area contributed by atoms with Crippen molar-refractivity contribution in [2.24, 2.45) is 28.4 Å². The molecule has 0 saturated heterocycles. The number of ketones is 2. The number of pyridine rings is 1. The largest absolute Gasteiger partial charge is 0.507 e. The van der Waals surface area contributed by atoms with Crippen molar-refractivity contribution in [3.05, 3.63) is 82.0 Å². The number of likely N-dealkylation sites (N-methyl/N-ethyl adjacent to an activating group) is 1. The predicted molar refractivity (Wildman–Crippen MR) is 265 cm³/mol. The van der Waals surface area contributed by atoms with E-state index in [1.807, 2.05) is 25.5 Å². The van der Waals surface area contributed by atoms with E-state index in [0.717, 1.165) is 17.5 Å². The summed E-state index contributed by atoms with van der Waals surface area (Å²) in [6, 6.07) is 9.82. The quantitative estimate of drug-likeness (QED) is 0.0498. The highest BCUT2D eigenvalue weighted by Crippen LogP contribution is 2.45. The van der Waals surface area contributed by atoms with Crippen molar-refractivity contribution in [3.63, 3.8) is 0 Å². The first-order valence-corrected chi connectivity index (χ1v) is 24.5. The summed E-state index contributed by atoms with van der Waals surface area (Å²) in [5.74, 6) is -8.98. The number of carboxylic acid groups (broad SMARTS) is 1. The zero-order valence-electron chi connectivity index (χ0n) is 40.2. The minimum absolute atomic E-state index is 0.0129. The molecule has 4 bridgehead atoms. The van der Waals surface area contributed by atoms with Gasteiger partial charge in [-0.15, -0.1) is 0 Å². The zero-order valence-corrected chi connectivity index (χ0v) is 41.8. The number of aliphatic hydroxyl groups excluding tert-OH is 2. The maximum atomic E-state index is 14.9. The van der Waals surface area contributed by atoms with E-state index >= 15 is 0 Å². The lowest BCUT2D eigenvalue weighted by Gasteiger charge is -2.32. The van der Waals surface area contributed by atoms with Crippen molar-refractivity contribution < 1.29 is 67.4 Å². The Balaban J connectivity index is 1.67. The number of nitrogens with one attached hydrogen (secondary N) is 2. The number of ether oxygens (including phenoxy) is 2. The van der Waals surface area contributed by atoms with Gasteiger partial charge in [-0.2, -0.15) is 8.42 Å². The number of anilines is 1. The number of carbonyl (C=O) groups excluding carboxylic acids is 4. The molecule has 2 amide bonds. The third-order valence-electron chi connectivity index (χ3n) is 11.9. The van der Waals surface area contributed by atoms with Crippen LogP contribution in [0.15, 0.2) is 54.6 Å². The first kappa shape index (κ1) is 56.5. The number of aliphatic hydroxyl groups is 2. The minimum atomic E-state index is -4.53. The van der Waals surface area contributed by atoms with Crippen molar-refractivity contribution in [1.82, 2.24) is 19.9 Å². The molecule has 6 atom stereocenters. The molecule has 15 N–H and O–H groups in total. The number of nitrogen functional groups attached to an aromatic ring is 1. The molecule has 0 fully saturated rings. The molecule has 390 valence electrons. The number of carbonyl (C=O) groups is 5. The number of carboxylic acids is 1. The smallest absolute Gasteiger partial charge is 0.326 e. The number of aliphatic carboxylic acids is 1. The summed E-state index contributed by atoms with van der Waals surface area (Å²) >= 11 is 6.60. The summed E-state index contributed by atoms with van der Waals surface area (Å²) in [4.78, 5) is 75.3. The molecule has 0 radical (unpaired) electrons. The number of fused-ring (bicyclic) bond motifs is 5. The number of benzene rings is 3. The fourth-order valence-corrected chi connectivity index (χ4v) is 8.64. The lowest BCUT2D eigenvalue weighted by molar-refractivity contribution is -0.143. The van der Waals surface area contributed by atoms with Crippen molar-refractivity contribution in [1.29, 1.82) is 0 Å². The van der Waals surface area contributed by atoms with Gasteiger partial charge in [-0.25, -0.2) is 19.6 Å².